The maximum atomic E-state index is 8.00. The zero-order valence-electron chi connectivity index (χ0n) is 16.9. The second-order valence-corrected chi connectivity index (χ2v) is 4.97. The van der Waals surface area contributed by atoms with Gasteiger partial charge in [-0.15, -0.1) is 0 Å². The van der Waals surface area contributed by atoms with Gasteiger partial charge in [-0.2, -0.15) is 0 Å². The molecule has 0 aliphatic carbocycles. The van der Waals surface area contributed by atoms with Crippen molar-refractivity contribution in [2.45, 2.75) is 34.2 Å². The zero-order chi connectivity index (χ0) is 20.8. The number of aromatic nitrogens is 3. The molecule has 0 aliphatic heterocycles. The zero-order valence-corrected chi connectivity index (χ0v) is 16.9. The molecule has 0 radical (unpaired) electrons. The van der Waals surface area contributed by atoms with Crippen LogP contribution >= 0.6 is 0 Å². The standard InChI is InChI=1S/C17H18N4.C2H6.CH5N.CH2O/c1-3-21-15(14-9-10-19-17(18)20-14)11-12(2)16(21)13-7-5-4-6-8-13;3*1-2/h4-11H,3H2,1-2H3,(H2,18,19,20);1-2H3;2H2,1H3;1H2. The minimum absolute atomic E-state index is 0.301. The highest BCUT2D eigenvalue weighted by Crippen LogP contribution is 2.31. The lowest BCUT2D eigenvalue weighted by Gasteiger charge is -2.12. The second kappa shape index (κ2) is 13.2. The van der Waals surface area contributed by atoms with Gasteiger partial charge in [-0.05, 0) is 44.2 Å². The Bertz CT molecular complexity index is 785. The first-order valence-electron chi connectivity index (χ1n) is 8.91. The Kier molecular flexibility index (Phi) is 11.8. The van der Waals surface area contributed by atoms with Gasteiger partial charge in [-0.25, -0.2) is 9.97 Å². The van der Waals surface area contributed by atoms with Gasteiger partial charge in [0.25, 0.3) is 0 Å². The van der Waals surface area contributed by atoms with Crippen LogP contribution in [0.15, 0.2) is 48.7 Å². The highest BCUT2D eigenvalue weighted by molar-refractivity contribution is 5.71. The van der Waals surface area contributed by atoms with Crippen LogP contribution < -0.4 is 11.5 Å². The molecule has 6 nitrogen and oxygen atoms in total. The number of carbonyl (C=O) groups is 1. The van der Waals surface area contributed by atoms with Gasteiger partial charge in [-0.1, -0.05) is 44.2 Å². The maximum Gasteiger partial charge on any atom is 0.220 e. The number of carbonyl (C=O) groups excluding carboxylic acids is 1. The molecule has 4 N–H and O–H groups in total. The van der Waals surface area contributed by atoms with Crippen molar-refractivity contribution >= 4 is 12.7 Å². The maximum absolute atomic E-state index is 8.00. The van der Waals surface area contributed by atoms with E-state index in [1.807, 2.05) is 32.8 Å². The lowest BCUT2D eigenvalue weighted by molar-refractivity contribution is -0.0979. The molecule has 0 saturated heterocycles. The summed E-state index contributed by atoms with van der Waals surface area (Å²) in [6, 6.07) is 14.5. The topological polar surface area (TPSA) is 99.8 Å². The highest BCUT2D eigenvalue weighted by Gasteiger charge is 2.15. The van der Waals surface area contributed by atoms with E-state index < -0.39 is 0 Å². The molecule has 6 heteroatoms. The van der Waals surface area contributed by atoms with Crippen molar-refractivity contribution in [1.29, 1.82) is 0 Å². The van der Waals surface area contributed by atoms with Crippen LogP contribution in [-0.2, 0) is 11.3 Å². The highest BCUT2D eigenvalue weighted by atomic mass is 16.1. The van der Waals surface area contributed by atoms with Crippen molar-refractivity contribution in [1.82, 2.24) is 14.5 Å². The quantitative estimate of drug-likeness (QED) is 0.728. The largest absolute Gasteiger partial charge is 0.368 e. The predicted molar refractivity (Wildman–Crippen MR) is 114 cm³/mol. The lowest BCUT2D eigenvalue weighted by atomic mass is 10.1. The van der Waals surface area contributed by atoms with E-state index in [0.717, 1.165) is 17.9 Å². The van der Waals surface area contributed by atoms with Gasteiger partial charge in [-0.3, -0.25) is 0 Å². The number of aryl methyl sites for hydroxylation is 1. The van der Waals surface area contributed by atoms with E-state index in [0.29, 0.717) is 5.95 Å². The van der Waals surface area contributed by atoms with Crippen molar-refractivity contribution in [3.63, 3.8) is 0 Å². The Labute approximate surface area is 162 Å². The molecule has 27 heavy (non-hydrogen) atoms. The van der Waals surface area contributed by atoms with Crippen molar-refractivity contribution in [3.05, 3.63) is 54.2 Å². The number of hydrogen-bond acceptors (Lipinski definition) is 5. The fraction of sp³-hybridized carbons (Fsp3) is 0.286. The van der Waals surface area contributed by atoms with Gasteiger partial charge in [0.2, 0.25) is 5.95 Å². The summed E-state index contributed by atoms with van der Waals surface area (Å²) in [7, 11) is 1.50. The fourth-order valence-corrected chi connectivity index (χ4v) is 2.72. The van der Waals surface area contributed by atoms with Crippen molar-refractivity contribution < 1.29 is 4.79 Å². The minimum atomic E-state index is 0.301. The normalized spacial score (nSPS) is 8.96. The van der Waals surface area contributed by atoms with Crippen LogP contribution in [0.3, 0.4) is 0 Å². The number of nitrogen functional groups attached to an aromatic ring is 1. The molecule has 3 rings (SSSR count). The van der Waals surface area contributed by atoms with E-state index in [1.54, 1.807) is 6.20 Å². The fourth-order valence-electron chi connectivity index (χ4n) is 2.72. The summed E-state index contributed by atoms with van der Waals surface area (Å²) in [5.41, 5.74) is 15.8. The summed E-state index contributed by atoms with van der Waals surface area (Å²) in [6.07, 6.45) is 1.70. The van der Waals surface area contributed by atoms with Crippen LogP contribution in [0.1, 0.15) is 26.3 Å². The van der Waals surface area contributed by atoms with Gasteiger partial charge in [0.05, 0.1) is 17.1 Å². The second-order valence-electron chi connectivity index (χ2n) is 4.97. The molecule has 0 amide bonds. The Morgan fingerprint density at radius 1 is 1.07 bits per heavy atom. The van der Waals surface area contributed by atoms with Crippen LogP contribution in [0.4, 0.5) is 5.95 Å². The van der Waals surface area contributed by atoms with Gasteiger partial charge in [0.15, 0.2) is 0 Å². The van der Waals surface area contributed by atoms with Crippen molar-refractivity contribution in [3.8, 4) is 22.6 Å². The Morgan fingerprint density at radius 3 is 2.19 bits per heavy atom. The third-order valence-corrected chi connectivity index (χ3v) is 3.59. The molecule has 146 valence electrons. The number of nitrogens with two attached hydrogens (primary N) is 2. The first-order valence-corrected chi connectivity index (χ1v) is 8.91. The average Bonchev–Trinajstić information content (AvgIpc) is 3.09. The molecule has 0 spiro atoms. The third-order valence-electron chi connectivity index (χ3n) is 3.59. The monoisotopic (exact) mass is 369 g/mol. The van der Waals surface area contributed by atoms with Crippen LogP contribution in [0.5, 0.6) is 0 Å². The summed E-state index contributed by atoms with van der Waals surface area (Å²) in [4.78, 5) is 16.3. The van der Waals surface area contributed by atoms with Crippen LogP contribution in [0, 0.1) is 6.92 Å². The predicted octanol–water partition coefficient (Wildman–Crippen LogP) is 3.94. The van der Waals surface area contributed by atoms with Crippen LogP contribution in [0.2, 0.25) is 0 Å². The van der Waals surface area contributed by atoms with E-state index >= 15 is 0 Å². The van der Waals surface area contributed by atoms with E-state index in [9.17, 15) is 0 Å². The first kappa shape index (κ1) is 24.0. The van der Waals surface area contributed by atoms with Gasteiger partial charge < -0.3 is 20.8 Å². The molecule has 2 heterocycles. The molecule has 0 atom stereocenters. The summed E-state index contributed by atoms with van der Waals surface area (Å²) < 4.78 is 2.27. The minimum Gasteiger partial charge on any atom is -0.368 e. The Morgan fingerprint density at radius 2 is 1.67 bits per heavy atom. The van der Waals surface area contributed by atoms with Crippen molar-refractivity contribution in [2.75, 3.05) is 12.8 Å². The first-order chi connectivity index (χ1) is 13.2. The van der Waals surface area contributed by atoms with Crippen LogP contribution in [0.25, 0.3) is 22.6 Å². The number of rotatable bonds is 3. The summed E-state index contributed by atoms with van der Waals surface area (Å²) in [5.74, 6) is 0.301. The smallest absolute Gasteiger partial charge is 0.220 e. The molecular formula is C21H31N5O. The van der Waals surface area contributed by atoms with E-state index in [1.165, 1.54) is 23.9 Å². The van der Waals surface area contributed by atoms with E-state index in [2.05, 4.69) is 64.4 Å². The molecule has 0 saturated carbocycles. The lowest BCUT2D eigenvalue weighted by Crippen LogP contribution is -2.02. The third kappa shape index (κ3) is 6.04. The van der Waals surface area contributed by atoms with Gasteiger partial charge in [0.1, 0.15) is 6.79 Å². The molecular weight excluding hydrogens is 338 g/mol. The summed E-state index contributed by atoms with van der Waals surface area (Å²) in [6.45, 7) is 11.1. The molecule has 3 aromatic rings. The van der Waals surface area contributed by atoms with Gasteiger partial charge in [0, 0.05) is 12.7 Å². The summed E-state index contributed by atoms with van der Waals surface area (Å²) in [5, 5.41) is 0. The molecule has 2 aromatic heterocycles. The van der Waals surface area contributed by atoms with E-state index in [4.69, 9.17) is 10.5 Å². The molecule has 1 aromatic carbocycles. The number of benzene rings is 1. The molecule has 0 unspecified atom stereocenters. The number of hydrogen-bond donors (Lipinski definition) is 2. The summed E-state index contributed by atoms with van der Waals surface area (Å²) >= 11 is 0. The Hall–Kier alpha value is -2.99. The van der Waals surface area contributed by atoms with Gasteiger partial charge >= 0.3 is 0 Å². The molecule has 0 fully saturated rings. The average molecular weight is 370 g/mol. The SMILES string of the molecule is C=O.CC.CCn1c(-c2ccnc(N)n2)cc(C)c1-c1ccccc1.CN. The number of anilines is 1. The molecule has 0 aliphatic rings. The Balaban J connectivity index is 0.00000103. The number of nitrogens with zero attached hydrogens (tertiary/aromatic N) is 3. The van der Waals surface area contributed by atoms with E-state index in [-0.39, 0.29) is 0 Å². The molecule has 0 bridgehead atoms. The van der Waals surface area contributed by atoms with Crippen molar-refractivity contribution in [2.24, 2.45) is 5.73 Å². The van der Waals surface area contributed by atoms with Crippen LogP contribution in [-0.4, -0.2) is 28.4 Å².